The zero-order valence-corrected chi connectivity index (χ0v) is 11.5. The Bertz CT molecular complexity index is 324. The SMILES string of the molecule is CCOC(C(C)C)C(Cc1cn(C)nn1)NC. The van der Waals surface area contributed by atoms with Crippen LogP contribution in [-0.2, 0) is 18.2 Å². The number of aromatic nitrogens is 3. The first-order chi connectivity index (χ1) is 8.08. The van der Waals surface area contributed by atoms with Crippen LogP contribution in [0.15, 0.2) is 6.20 Å². The second kappa shape index (κ2) is 6.71. The Labute approximate surface area is 104 Å². The van der Waals surface area contributed by atoms with E-state index in [2.05, 4.69) is 29.5 Å². The van der Waals surface area contributed by atoms with Crippen molar-refractivity contribution in [3.8, 4) is 0 Å². The fraction of sp³-hybridized carbons (Fsp3) is 0.833. The minimum Gasteiger partial charge on any atom is -0.377 e. The first-order valence-corrected chi connectivity index (χ1v) is 6.22. The number of ether oxygens (including phenoxy) is 1. The van der Waals surface area contributed by atoms with Gasteiger partial charge in [0.15, 0.2) is 0 Å². The predicted molar refractivity (Wildman–Crippen MR) is 67.8 cm³/mol. The van der Waals surface area contributed by atoms with Gasteiger partial charge in [0, 0.05) is 32.3 Å². The lowest BCUT2D eigenvalue weighted by atomic mass is 9.96. The van der Waals surface area contributed by atoms with E-state index in [1.807, 2.05) is 27.2 Å². The van der Waals surface area contributed by atoms with Gasteiger partial charge in [0.25, 0.3) is 0 Å². The molecule has 98 valence electrons. The van der Waals surface area contributed by atoms with Gasteiger partial charge in [-0.05, 0) is 19.9 Å². The van der Waals surface area contributed by atoms with Crippen LogP contribution in [0.25, 0.3) is 0 Å². The van der Waals surface area contributed by atoms with Crippen molar-refractivity contribution in [1.29, 1.82) is 0 Å². The van der Waals surface area contributed by atoms with Crippen LogP contribution in [0.3, 0.4) is 0 Å². The summed E-state index contributed by atoms with van der Waals surface area (Å²) in [5, 5.41) is 11.4. The second-order valence-electron chi connectivity index (χ2n) is 4.65. The van der Waals surface area contributed by atoms with Crippen LogP contribution in [0.2, 0.25) is 0 Å². The third-order valence-corrected chi connectivity index (χ3v) is 2.86. The average molecular weight is 240 g/mol. The molecule has 1 aromatic rings. The van der Waals surface area contributed by atoms with Crippen LogP contribution in [-0.4, -0.2) is 40.8 Å². The van der Waals surface area contributed by atoms with E-state index in [1.165, 1.54) is 0 Å². The molecule has 0 aliphatic heterocycles. The van der Waals surface area contributed by atoms with Crippen molar-refractivity contribution in [3.63, 3.8) is 0 Å². The van der Waals surface area contributed by atoms with Gasteiger partial charge in [-0.3, -0.25) is 4.68 Å². The summed E-state index contributed by atoms with van der Waals surface area (Å²) in [6.45, 7) is 7.13. The molecular formula is C12H24N4O. The lowest BCUT2D eigenvalue weighted by Crippen LogP contribution is -2.44. The molecular weight excluding hydrogens is 216 g/mol. The molecule has 0 bridgehead atoms. The summed E-state index contributed by atoms with van der Waals surface area (Å²) in [6.07, 6.45) is 2.99. The summed E-state index contributed by atoms with van der Waals surface area (Å²) in [4.78, 5) is 0. The van der Waals surface area contributed by atoms with E-state index in [0.29, 0.717) is 5.92 Å². The van der Waals surface area contributed by atoms with Crippen molar-refractivity contribution in [2.24, 2.45) is 13.0 Å². The van der Waals surface area contributed by atoms with Gasteiger partial charge in [-0.25, -0.2) is 0 Å². The maximum absolute atomic E-state index is 5.82. The zero-order chi connectivity index (χ0) is 12.8. The summed E-state index contributed by atoms with van der Waals surface area (Å²) >= 11 is 0. The second-order valence-corrected chi connectivity index (χ2v) is 4.65. The Hall–Kier alpha value is -0.940. The molecule has 1 heterocycles. The summed E-state index contributed by atoms with van der Waals surface area (Å²) < 4.78 is 7.55. The largest absolute Gasteiger partial charge is 0.377 e. The number of nitrogens with one attached hydrogen (secondary N) is 1. The van der Waals surface area contributed by atoms with Crippen LogP contribution in [0, 0.1) is 5.92 Å². The summed E-state index contributed by atoms with van der Waals surface area (Å²) in [5.74, 6) is 0.476. The topological polar surface area (TPSA) is 52.0 Å². The highest BCUT2D eigenvalue weighted by Gasteiger charge is 2.24. The lowest BCUT2D eigenvalue weighted by molar-refractivity contribution is 0.00514. The average Bonchev–Trinajstić information content (AvgIpc) is 2.68. The van der Waals surface area contributed by atoms with Gasteiger partial charge in [0.05, 0.1) is 11.8 Å². The zero-order valence-electron chi connectivity index (χ0n) is 11.5. The number of nitrogens with zero attached hydrogens (tertiary/aromatic N) is 3. The Morgan fingerprint density at radius 3 is 2.59 bits per heavy atom. The number of hydrogen-bond donors (Lipinski definition) is 1. The van der Waals surface area contributed by atoms with E-state index < -0.39 is 0 Å². The van der Waals surface area contributed by atoms with Crippen molar-refractivity contribution in [2.75, 3.05) is 13.7 Å². The van der Waals surface area contributed by atoms with Gasteiger partial charge in [0.2, 0.25) is 0 Å². The molecule has 0 aliphatic rings. The Morgan fingerprint density at radius 1 is 1.47 bits per heavy atom. The van der Waals surface area contributed by atoms with E-state index in [9.17, 15) is 0 Å². The molecule has 0 aliphatic carbocycles. The van der Waals surface area contributed by atoms with Crippen LogP contribution < -0.4 is 5.32 Å². The first kappa shape index (κ1) is 14.1. The Balaban J connectivity index is 2.68. The molecule has 0 saturated heterocycles. The van der Waals surface area contributed by atoms with Crippen LogP contribution in [0.1, 0.15) is 26.5 Å². The molecule has 5 heteroatoms. The van der Waals surface area contributed by atoms with Gasteiger partial charge < -0.3 is 10.1 Å². The molecule has 1 N–H and O–H groups in total. The number of aryl methyl sites for hydroxylation is 1. The number of hydrogen-bond acceptors (Lipinski definition) is 4. The molecule has 5 nitrogen and oxygen atoms in total. The Kier molecular flexibility index (Phi) is 5.58. The maximum atomic E-state index is 5.82. The normalized spacial score (nSPS) is 15.2. The standard InChI is InChI=1S/C12H24N4O/c1-6-17-12(9(2)3)11(13-4)7-10-8-16(5)15-14-10/h8-9,11-13H,6-7H2,1-5H3. The van der Waals surface area contributed by atoms with Crippen molar-refractivity contribution in [2.45, 2.75) is 39.3 Å². The maximum Gasteiger partial charge on any atom is 0.0843 e. The van der Waals surface area contributed by atoms with Crippen LogP contribution in [0.4, 0.5) is 0 Å². The van der Waals surface area contributed by atoms with Gasteiger partial charge in [-0.2, -0.15) is 0 Å². The molecule has 2 unspecified atom stereocenters. The molecule has 0 spiro atoms. The van der Waals surface area contributed by atoms with Crippen molar-refractivity contribution >= 4 is 0 Å². The molecule has 0 amide bonds. The molecule has 0 radical (unpaired) electrons. The Morgan fingerprint density at radius 2 is 2.18 bits per heavy atom. The van der Waals surface area contributed by atoms with Crippen molar-refractivity contribution in [3.05, 3.63) is 11.9 Å². The highest BCUT2D eigenvalue weighted by atomic mass is 16.5. The summed E-state index contributed by atoms with van der Waals surface area (Å²) in [6, 6.07) is 0.270. The molecule has 0 saturated carbocycles. The fourth-order valence-electron chi connectivity index (χ4n) is 2.06. The third-order valence-electron chi connectivity index (χ3n) is 2.86. The smallest absolute Gasteiger partial charge is 0.0843 e. The van der Waals surface area contributed by atoms with E-state index >= 15 is 0 Å². The molecule has 1 aromatic heterocycles. The van der Waals surface area contributed by atoms with Crippen LogP contribution in [0.5, 0.6) is 0 Å². The van der Waals surface area contributed by atoms with Crippen LogP contribution >= 0.6 is 0 Å². The van der Waals surface area contributed by atoms with Crippen molar-refractivity contribution in [1.82, 2.24) is 20.3 Å². The van der Waals surface area contributed by atoms with Gasteiger partial charge in [-0.1, -0.05) is 19.1 Å². The number of rotatable bonds is 7. The molecule has 17 heavy (non-hydrogen) atoms. The summed E-state index contributed by atoms with van der Waals surface area (Å²) in [7, 11) is 3.85. The third kappa shape index (κ3) is 4.09. The quantitative estimate of drug-likeness (QED) is 0.772. The number of likely N-dealkylation sites (N-methyl/N-ethyl adjacent to an activating group) is 1. The minimum absolute atomic E-state index is 0.201. The van der Waals surface area contributed by atoms with E-state index in [1.54, 1.807) is 4.68 Å². The van der Waals surface area contributed by atoms with E-state index in [-0.39, 0.29) is 12.1 Å². The van der Waals surface area contributed by atoms with Gasteiger partial charge in [-0.15, -0.1) is 5.10 Å². The molecule has 2 atom stereocenters. The highest BCUT2D eigenvalue weighted by Crippen LogP contribution is 2.14. The molecule has 0 aromatic carbocycles. The molecule has 0 fully saturated rings. The lowest BCUT2D eigenvalue weighted by Gasteiger charge is -2.29. The first-order valence-electron chi connectivity index (χ1n) is 6.22. The summed E-state index contributed by atoms with van der Waals surface area (Å²) in [5.41, 5.74) is 0.997. The minimum atomic E-state index is 0.201. The van der Waals surface area contributed by atoms with E-state index in [4.69, 9.17) is 4.74 Å². The van der Waals surface area contributed by atoms with Gasteiger partial charge >= 0.3 is 0 Å². The van der Waals surface area contributed by atoms with E-state index in [0.717, 1.165) is 18.7 Å². The van der Waals surface area contributed by atoms with Crippen molar-refractivity contribution < 1.29 is 4.74 Å². The highest BCUT2D eigenvalue weighted by molar-refractivity contribution is 4.98. The fourth-order valence-corrected chi connectivity index (χ4v) is 2.06. The predicted octanol–water partition coefficient (Wildman–Crippen LogP) is 1.01. The van der Waals surface area contributed by atoms with Gasteiger partial charge in [0.1, 0.15) is 0 Å². The molecule has 1 rings (SSSR count). The monoisotopic (exact) mass is 240 g/mol.